The van der Waals surface area contributed by atoms with Crippen molar-refractivity contribution in [1.29, 1.82) is 5.26 Å². The predicted molar refractivity (Wildman–Crippen MR) is 116 cm³/mol. The number of benzene rings is 1. The summed E-state index contributed by atoms with van der Waals surface area (Å²) in [4.78, 5) is 52.5. The largest absolute Gasteiger partial charge is 0.454 e. The molecule has 1 saturated carbocycles. The third-order valence-corrected chi connectivity index (χ3v) is 6.25. The van der Waals surface area contributed by atoms with Crippen molar-refractivity contribution < 1.29 is 23.9 Å². The van der Waals surface area contributed by atoms with Crippen molar-refractivity contribution >= 4 is 41.1 Å². The molecule has 0 aromatic heterocycles. The molecule has 1 aliphatic heterocycles. The summed E-state index contributed by atoms with van der Waals surface area (Å²) < 4.78 is 5.06. The second kappa shape index (κ2) is 10.0. The molecule has 9 nitrogen and oxygen atoms in total. The Morgan fingerprint density at radius 1 is 1.38 bits per heavy atom. The lowest BCUT2D eigenvalue weighted by molar-refractivity contribution is -0.151. The Kier molecular flexibility index (Phi) is 7.36. The van der Waals surface area contributed by atoms with Gasteiger partial charge in [-0.05, 0) is 37.0 Å². The van der Waals surface area contributed by atoms with Crippen LogP contribution >= 0.6 is 11.6 Å². The fourth-order valence-corrected chi connectivity index (χ4v) is 4.42. The standard InChI is InChI=1S/C22H25ClN4O5/c1-15-6-2-3-9-22(15)20(30)27(21(31)25-22)13-19(29)32-14-18(28)26(11-5-10-24)17-8-4-7-16(23)12-17/h4,7-8,12,15H,2-3,5-6,9,11,13-14H2,1H3,(H,25,31). The van der Waals surface area contributed by atoms with Gasteiger partial charge in [-0.25, -0.2) is 4.79 Å². The molecule has 2 unspecified atom stereocenters. The van der Waals surface area contributed by atoms with Crippen LogP contribution in [0.2, 0.25) is 5.02 Å². The number of carbonyl (C=O) groups is 4. The van der Waals surface area contributed by atoms with Crippen molar-refractivity contribution in [3.63, 3.8) is 0 Å². The highest BCUT2D eigenvalue weighted by Crippen LogP contribution is 2.38. The molecule has 1 aromatic carbocycles. The zero-order valence-electron chi connectivity index (χ0n) is 17.8. The lowest BCUT2D eigenvalue weighted by atomic mass is 9.73. The van der Waals surface area contributed by atoms with E-state index in [0.29, 0.717) is 17.1 Å². The summed E-state index contributed by atoms with van der Waals surface area (Å²) in [6.07, 6.45) is 3.25. The molecule has 1 spiro atoms. The molecule has 1 N–H and O–H groups in total. The third-order valence-electron chi connectivity index (χ3n) is 6.01. The van der Waals surface area contributed by atoms with Crippen molar-refractivity contribution in [2.24, 2.45) is 5.92 Å². The van der Waals surface area contributed by atoms with Gasteiger partial charge in [-0.2, -0.15) is 5.26 Å². The summed E-state index contributed by atoms with van der Waals surface area (Å²) in [6, 6.07) is 7.88. The highest BCUT2D eigenvalue weighted by Gasteiger charge is 2.55. The average molecular weight is 461 g/mol. The van der Waals surface area contributed by atoms with E-state index in [1.807, 2.05) is 13.0 Å². The molecule has 170 valence electrons. The van der Waals surface area contributed by atoms with Crippen molar-refractivity contribution in [2.45, 2.75) is 44.6 Å². The molecular formula is C22H25ClN4O5. The van der Waals surface area contributed by atoms with E-state index in [0.717, 1.165) is 24.2 Å². The van der Waals surface area contributed by atoms with Gasteiger partial charge in [0.1, 0.15) is 12.1 Å². The molecule has 0 bridgehead atoms. The Hall–Kier alpha value is -3.12. The number of nitrogens with one attached hydrogen (secondary N) is 1. The Morgan fingerprint density at radius 2 is 2.16 bits per heavy atom. The highest BCUT2D eigenvalue weighted by atomic mass is 35.5. The fraction of sp³-hybridized carbons (Fsp3) is 0.500. The second-order valence-corrected chi connectivity index (χ2v) is 8.47. The number of imide groups is 1. The lowest BCUT2D eigenvalue weighted by Crippen LogP contribution is -2.54. The number of anilines is 1. The zero-order valence-corrected chi connectivity index (χ0v) is 18.6. The Labute approximate surface area is 191 Å². The smallest absolute Gasteiger partial charge is 0.326 e. The number of hydrogen-bond donors (Lipinski definition) is 1. The fourth-order valence-electron chi connectivity index (χ4n) is 4.24. The topological polar surface area (TPSA) is 120 Å². The van der Waals surface area contributed by atoms with Crippen LogP contribution in [0.25, 0.3) is 0 Å². The average Bonchev–Trinajstić information content (AvgIpc) is 2.99. The molecule has 2 aliphatic rings. The minimum Gasteiger partial charge on any atom is -0.454 e. The molecular weight excluding hydrogens is 436 g/mol. The zero-order chi connectivity index (χ0) is 23.3. The number of carbonyl (C=O) groups excluding carboxylic acids is 4. The van der Waals surface area contributed by atoms with E-state index >= 15 is 0 Å². The Balaban J connectivity index is 1.61. The first-order valence-electron chi connectivity index (χ1n) is 10.5. The van der Waals surface area contributed by atoms with E-state index in [2.05, 4.69) is 5.32 Å². The minimum atomic E-state index is -0.966. The number of ether oxygens (including phenoxy) is 1. The van der Waals surface area contributed by atoms with Gasteiger partial charge in [0.25, 0.3) is 11.8 Å². The van der Waals surface area contributed by atoms with Crippen LogP contribution in [0.1, 0.15) is 39.0 Å². The van der Waals surface area contributed by atoms with Crippen LogP contribution in [0.3, 0.4) is 0 Å². The van der Waals surface area contributed by atoms with Gasteiger partial charge in [0.2, 0.25) is 0 Å². The summed E-state index contributed by atoms with van der Waals surface area (Å²) in [5.41, 5.74) is -0.498. The van der Waals surface area contributed by atoms with Gasteiger partial charge in [-0.1, -0.05) is 37.4 Å². The maximum atomic E-state index is 12.9. The lowest BCUT2D eigenvalue weighted by Gasteiger charge is -2.36. The monoisotopic (exact) mass is 460 g/mol. The summed E-state index contributed by atoms with van der Waals surface area (Å²) in [5.74, 6) is -1.87. The number of hydrogen-bond acceptors (Lipinski definition) is 6. The highest BCUT2D eigenvalue weighted by molar-refractivity contribution is 6.30. The van der Waals surface area contributed by atoms with Gasteiger partial charge in [0.15, 0.2) is 6.61 Å². The van der Waals surface area contributed by atoms with Crippen LogP contribution in [-0.2, 0) is 19.1 Å². The molecule has 4 amide bonds. The first kappa shape index (κ1) is 23.5. The maximum absolute atomic E-state index is 12.9. The molecule has 2 fully saturated rings. The second-order valence-electron chi connectivity index (χ2n) is 8.03. The number of esters is 1. The van der Waals surface area contributed by atoms with Crippen LogP contribution in [0.5, 0.6) is 0 Å². The number of urea groups is 1. The molecule has 1 aromatic rings. The van der Waals surface area contributed by atoms with Gasteiger partial charge < -0.3 is 15.0 Å². The molecule has 10 heteroatoms. The van der Waals surface area contributed by atoms with E-state index in [9.17, 15) is 19.2 Å². The minimum absolute atomic E-state index is 0.0262. The third kappa shape index (κ3) is 4.86. The number of halogens is 1. The van der Waals surface area contributed by atoms with Gasteiger partial charge in [0, 0.05) is 17.3 Å². The number of rotatable bonds is 7. The van der Waals surface area contributed by atoms with E-state index in [1.54, 1.807) is 24.3 Å². The Bertz CT molecular complexity index is 962. The van der Waals surface area contributed by atoms with E-state index in [-0.39, 0.29) is 18.9 Å². The van der Waals surface area contributed by atoms with Crippen molar-refractivity contribution in [3.05, 3.63) is 29.3 Å². The molecule has 3 rings (SSSR count). The summed E-state index contributed by atoms with van der Waals surface area (Å²) in [6.45, 7) is 0.855. The molecule has 1 aliphatic carbocycles. The summed E-state index contributed by atoms with van der Waals surface area (Å²) in [5, 5.41) is 12.1. The van der Waals surface area contributed by atoms with Crippen LogP contribution in [0, 0.1) is 17.2 Å². The van der Waals surface area contributed by atoms with Gasteiger partial charge in [-0.15, -0.1) is 0 Å². The summed E-state index contributed by atoms with van der Waals surface area (Å²) in [7, 11) is 0. The molecule has 1 heterocycles. The van der Waals surface area contributed by atoms with Crippen LogP contribution in [0.15, 0.2) is 24.3 Å². The quantitative estimate of drug-likeness (QED) is 0.493. The molecule has 0 radical (unpaired) electrons. The molecule has 1 saturated heterocycles. The van der Waals surface area contributed by atoms with Gasteiger partial charge in [0.05, 0.1) is 12.5 Å². The number of nitriles is 1. The predicted octanol–water partition coefficient (Wildman–Crippen LogP) is 2.63. The van der Waals surface area contributed by atoms with Gasteiger partial charge >= 0.3 is 12.0 Å². The SMILES string of the molecule is CC1CCCCC12NC(=O)N(CC(=O)OCC(=O)N(CCC#N)c1cccc(Cl)c1)C2=O. The van der Waals surface area contributed by atoms with E-state index < -0.39 is 42.5 Å². The van der Waals surface area contributed by atoms with E-state index in [1.165, 1.54) is 4.90 Å². The molecule has 2 atom stereocenters. The Morgan fingerprint density at radius 3 is 2.84 bits per heavy atom. The van der Waals surface area contributed by atoms with Crippen LogP contribution in [0.4, 0.5) is 10.5 Å². The summed E-state index contributed by atoms with van der Waals surface area (Å²) >= 11 is 5.99. The first-order chi connectivity index (χ1) is 15.3. The van der Waals surface area contributed by atoms with Crippen molar-refractivity contribution in [1.82, 2.24) is 10.2 Å². The maximum Gasteiger partial charge on any atom is 0.326 e. The number of nitrogens with zero attached hydrogens (tertiary/aromatic N) is 3. The number of amides is 4. The van der Waals surface area contributed by atoms with Crippen LogP contribution in [-0.4, -0.2) is 54.0 Å². The normalized spacial score (nSPS) is 22.4. The van der Waals surface area contributed by atoms with Gasteiger partial charge in [-0.3, -0.25) is 19.3 Å². The first-order valence-corrected chi connectivity index (χ1v) is 10.9. The molecule has 32 heavy (non-hydrogen) atoms. The van der Waals surface area contributed by atoms with Crippen LogP contribution < -0.4 is 10.2 Å². The van der Waals surface area contributed by atoms with Crippen molar-refractivity contribution in [3.8, 4) is 6.07 Å². The van der Waals surface area contributed by atoms with E-state index in [4.69, 9.17) is 21.6 Å². The van der Waals surface area contributed by atoms with Crippen molar-refractivity contribution in [2.75, 3.05) is 24.6 Å².